The lowest BCUT2D eigenvalue weighted by molar-refractivity contribution is 0.0209. The van der Waals surface area contributed by atoms with Crippen molar-refractivity contribution < 1.29 is 19.0 Å². The average molecular weight is 349 g/mol. The van der Waals surface area contributed by atoms with Crippen molar-refractivity contribution in [1.29, 1.82) is 0 Å². The second-order valence-electron chi connectivity index (χ2n) is 6.48. The highest BCUT2D eigenvalue weighted by Crippen LogP contribution is 2.32. The van der Waals surface area contributed by atoms with Crippen LogP contribution in [-0.2, 0) is 4.74 Å². The van der Waals surface area contributed by atoms with Gasteiger partial charge in [-0.3, -0.25) is 4.90 Å². The molecule has 0 bridgehead atoms. The Bertz CT molecular complexity index is 590. The molecule has 2 aliphatic rings. The third-order valence-electron chi connectivity index (χ3n) is 4.64. The molecule has 0 unspecified atom stereocenters. The molecule has 3 rings (SSSR count). The number of nitrogens with zero attached hydrogens (tertiary/aromatic N) is 1. The molecule has 138 valence electrons. The summed E-state index contributed by atoms with van der Waals surface area (Å²) < 4.78 is 16.5. The van der Waals surface area contributed by atoms with Gasteiger partial charge in [-0.25, -0.2) is 4.79 Å². The van der Waals surface area contributed by atoms with Crippen LogP contribution in [0.5, 0.6) is 11.5 Å². The predicted molar refractivity (Wildman–Crippen MR) is 94.2 cm³/mol. The van der Waals surface area contributed by atoms with E-state index in [0.717, 1.165) is 43.4 Å². The summed E-state index contributed by atoms with van der Waals surface area (Å²) in [7, 11) is 0. The van der Waals surface area contributed by atoms with Crippen molar-refractivity contribution in [3.63, 3.8) is 0 Å². The number of carbonyl (C=O) groups is 1. The summed E-state index contributed by atoms with van der Waals surface area (Å²) in [6.45, 7) is 9.17. The molecular formula is C18H27N3O4. The number of hydrogen-bond donors (Lipinski definition) is 2. The van der Waals surface area contributed by atoms with Gasteiger partial charge in [0, 0.05) is 25.7 Å². The van der Waals surface area contributed by atoms with Gasteiger partial charge < -0.3 is 24.8 Å². The first-order chi connectivity index (χ1) is 12.1. The molecule has 1 aromatic carbocycles. The Kier molecular flexibility index (Phi) is 5.99. The number of fused-ring (bicyclic) bond motifs is 1. The zero-order chi connectivity index (χ0) is 17.6. The molecule has 0 spiro atoms. The smallest absolute Gasteiger partial charge is 0.315 e. The maximum atomic E-state index is 12.2. The normalized spacial score (nSPS) is 19.8. The molecule has 1 fully saturated rings. The van der Waals surface area contributed by atoms with Gasteiger partial charge in [0.25, 0.3) is 0 Å². The summed E-state index contributed by atoms with van der Waals surface area (Å²) in [6, 6.07) is 5.78. The molecule has 0 aromatic heterocycles. The Balaban J connectivity index is 1.47. The molecule has 0 aliphatic carbocycles. The average Bonchev–Trinajstić information content (AvgIpc) is 2.66. The van der Waals surface area contributed by atoms with Gasteiger partial charge in [-0.2, -0.15) is 0 Å². The Morgan fingerprint density at radius 2 is 1.84 bits per heavy atom. The molecular weight excluding hydrogens is 322 g/mol. The van der Waals surface area contributed by atoms with Crippen LogP contribution in [0.25, 0.3) is 0 Å². The Hall–Kier alpha value is -1.99. The number of benzene rings is 1. The zero-order valence-electron chi connectivity index (χ0n) is 14.9. The zero-order valence-corrected chi connectivity index (χ0v) is 14.9. The summed E-state index contributed by atoms with van der Waals surface area (Å²) in [6.07, 6.45) is 0. The van der Waals surface area contributed by atoms with Gasteiger partial charge >= 0.3 is 6.03 Å². The van der Waals surface area contributed by atoms with Gasteiger partial charge in [0.05, 0.1) is 19.3 Å². The maximum absolute atomic E-state index is 12.2. The predicted octanol–water partition coefficient (Wildman–Crippen LogP) is 1.54. The van der Waals surface area contributed by atoms with Crippen LogP contribution in [0, 0.1) is 0 Å². The van der Waals surface area contributed by atoms with Crippen LogP contribution in [0.4, 0.5) is 4.79 Å². The number of rotatable bonds is 5. The lowest BCUT2D eigenvalue weighted by Crippen LogP contribution is -2.49. The van der Waals surface area contributed by atoms with E-state index in [1.165, 1.54) is 0 Å². The lowest BCUT2D eigenvalue weighted by Gasteiger charge is -2.32. The number of hydrogen-bond acceptors (Lipinski definition) is 5. The molecule has 2 aliphatic heterocycles. The van der Waals surface area contributed by atoms with Crippen LogP contribution < -0.4 is 20.1 Å². The van der Waals surface area contributed by atoms with Gasteiger partial charge in [-0.15, -0.1) is 0 Å². The van der Waals surface area contributed by atoms with Gasteiger partial charge in [-0.05, 0) is 31.5 Å². The number of ether oxygens (including phenoxy) is 3. The minimum Gasteiger partial charge on any atom is -0.486 e. The molecule has 25 heavy (non-hydrogen) atoms. The van der Waals surface area contributed by atoms with Crippen molar-refractivity contribution >= 4 is 6.03 Å². The topological polar surface area (TPSA) is 72.1 Å². The molecule has 7 nitrogen and oxygen atoms in total. The van der Waals surface area contributed by atoms with E-state index in [4.69, 9.17) is 14.2 Å². The highest BCUT2D eigenvalue weighted by Gasteiger charge is 2.19. The molecule has 0 saturated carbocycles. The fourth-order valence-corrected chi connectivity index (χ4v) is 3.05. The number of nitrogens with one attached hydrogen (secondary N) is 2. The van der Waals surface area contributed by atoms with Crippen molar-refractivity contribution in [1.82, 2.24) is 15.5 Å². The number of amides is 2. The van der Waals surface area contributed by atoms with Crippen molar-refractivity contribution in [3.8, 4) is 11.5 Å². The van der Waals surface area contributed by atoms with Gasteiger partial charge in [0.15, 0.2) is 11.5 Å². The fourth-order valence-electron chi connectivity index (χ4n) is 3.05. The quantitative estimate of drug-likeness (QED) is 0.844. The van der Waals surface area contributed by atoms with E-state index >= 15 is 0 Å². The van der Waals surface area contributed by atoms with Gasteiger partial charge in [0.1, 0.15) is 13.2 Å². The van der Waals surface area contributed by atoms with Gasteiger partial charge in [0.2, 0.25) is 0 Å². The number of urea groups is 1. The summed E-state index contributed by atoms with van der Waals surface area (Å²) >= 11 is 0. The summed E-state index contributed by atoms with van der Waals surface area (Å²) in [4.78, 5) is 14.5. The van der Waals surface area contributed by atoms with Crippen LogP contribution in [-0.4, -0.2) is 63.0 Å². The van der Waals surface area contributed by atoms with Gasteiger partial charge in [-0.1, -0.05) is 6.07 Å². The van der Waals surface area contributed by atoms with E-state index in [-0.39, 0.29) is 12.1 Å². The van der Waals surface area contributed by atoms with E-state index in [9.17, 15) is 4.79 Å². The molecule has 7 heteroatoms. The first-order valence-corrected chi connectivity index (χ1v) is 8.89. The Morgan fingerprint density at radius 3 is 2.60 bits per heavy atom. The third kappa shape index (κ3) is 4.76. The molecule has 2 heterocycles. The van der Waals surface area contributed by atoms with Crippen molar-refractivity contribution in [2.24, 2.45) is 0 Å². The molecule has 2 atom stereocenters. The van der Waals surface area contributed by atoms with E-state index in [1.807, 2.05) is 25.1 Å². The van der Waals surface area contributed by atoms with Crippen LogP contribution in [0.3, 0.4) is 0 Å². The summed E-state index contributed by atoms with van der Waals surface area (Å²) in [5.41, 5.74) is 0.987. The van der Waals surface area contributed by atoms with E-state index in [1.54, 1.807) is 0 Å². The lowest BCUT2D eigenvalue weighted by atomic mass is 10.1. The first-order valence-electron chi connectivity index (χ1n) is 8.89. The maximum Gasteiger partial charge on any atom is 0.315 e. The molecule has 2 N–H and O–H groups in total. The van der Waals surface area contributed by atoms with E-state index in [2.05, 4.69) is 22.5 Å². The highest BCUT2D eigenvalue weighted by molar-refractivity contribution is 5.74. The van der Waals surface area contributed by atoms with Crippen molar-refractivity contribution in [2.45, 2.75) is 25.9 Å². The Labute approximate surface area is 148 Å². The largest absolute Gasteiger partial charge is 0.486 e. The first kappa shape index (κ1) is 17.8. The number of morpholine rings is 1. The minimum atomic E-state index is -0.164. The fraction of sp³-hybridized carbons (Fsp3) is 0.611. The SMILES string of the molecule is C[C@H](NC(=O)NC[C@H](C)N1CCOCC1)c1ccc2c(c1)OCCO2. The van der Waals surface area contributed by atoms with Crippen LogP contribution >= 0.6 is 0 Å². The number of carbonyl (C=O) groups excluding carboxylic acids is 1. The second kappa shape index (κ2) is 8.40. The summed E-state index contributed by atoms with van der Waals surface area (Å²) in [5, 5.41) is 5.93. The van der Waals surface area contributed by atoms with Crippen LogP contribution in [0.15, 0.2) is 18.2 Å². The van der Waals surface area contributed by atoms with Crippen LogP contribution in [0.2, 0.25) is 0 Å². The third-order valence-corrected chi connectivity index (χ3v) is 4.64. The summed E-state index contributed by atoms with van der Waals surface area (Å²) in [5.74, 6) is 1.49. The molecule has 1 saturated heterocycles. The standard InChI is InChI=1S/C18H27N3O4/c1-13(21-5-7-23-8-6-21)12-19-18(22)20-14(2)15-3-4-16-17(11-15)25-10-9-24-16/h3-4,11,13-14H,5-10,12H2,1-2H3,(H2,19,20,22)/t13-,14-/m0/s1. The molecule has 0 radical (unpaired) electrons. The molecule has 2 amide bonds. The van der Waals surface area contributed by atoms with Crippen molar-refractivity contribution in [2.75, 3.05) is 46.1 Å². The van der Waals surface area contributed by atoms with E-state index < -0.39 is 0 Å². The van der Waals surface area contributed by atoms with E-state index in [0.29, 0.717) is 25.8 Å². The highest BCUT2D eigenvalue weighted by atomic mass is 16.6. The van der Waals surface area contributed by atoms with Crippen LogP contribution in [0.1, 0.15) is 25.5 Å². The monoisotopic (exact) mass is 349 g/mol. The van der Waals surface area contributed by atoms with Crippen molar-refractivity contribution in [3.05, 3.63) is 23.8 Å². The molecule has 1 aromatic rings. The second-order valence-corrected chi connectivity index (χ2v) is 6.48. The Morgan fingerprint density at radius 1 is 1.12 bits per heavy atom. The minimum absolute atomic E-state index is 0.116.